The third-order valence-corrected chi connectivity index (χ3v) is 5.01. The Balaban J connectivity index is 1.62. The second-order valence-electron chi connectivity index (χ2n) is 6.51. The lowest BCUT2D eigenvalue weighted by Gasteiger charge is -2.35. The molecule has 0 bridgehead atoms. The van der Waals surface area contributed by atoms with E-state index in [-0.39, 0.29) is 11.9 Å². The van der Waals surface area contributed by atoms with Crippen LogP contribution in [0.3, 0.4) is 0 Å². The lowest BCUT2D eigenvalue weighted by molar-refractivity contribution is -0.126. The zero-order valence-corrected chi connectivity index (χ0v) is 14.7. The number of aryl methyl sites for hydroxylation is 2. The summed E-state index contributed by atoms with van der Waals surface area (Å²) < 4.78 is 0. The molecule has 1 aromatic heterocycles. The van der Waals surface area contributed by atoms with Crippen molar-refractivity contribution in [3.8, 4) is 0 Å². The van der Waals surface area contributed by atoms with Crippen molar-refractivity contribution in [2.75, 3.05) is 13.1 Å². The van der Waals surface area contributed by atoms with Crippen LogP contribution in [0.1, 0.15) is 35.0 Å². The van der Waals surface area contributed by atoms with Crippen molar-refractivity contribution in [1.29, 1.82) is 0 Å². The number of hydrogen-bond donors (Lipinski definition) is 2. The van der Waals surface area contributed by atoms with E-state index >= 15 is 0 Å². The predicted molar refractivity (Wildman–Crippen MR) is 94.8 cm³/mol. The van der Waals surface area contributed by atoms with Crippen molar-refractivity contribution >= 4 is 5.91 Å². The smallest absolute Gasteiger partial charge is 0.237 e. The van der Waals surface area contributed by atoms with E-state index in [9.17, 15) is 4.79 Å². The summed E-state index contributed by atoms with van der Waals surface area (Å²) in [4.78, 5) is 15.0. The van der Waals surface area contributed by atoms with Crippen LogP contribution in [0.5, 0.6) is 0 Å². The highest BCUT2D eigenvalue weighted by atomic mass is 16.2. The topological polar surface area (TPSA) is 61.0 Å². The Kier molecular flexibility index (Phi) is 5.00. The summed E-state index contributed by atoms with van der Waals surface area (Å²) in [6, 6.07) is 8.36. The Morgan fingerprint density at radius 2 is 2.08 bits per heavy atom. The van der Waals surface area contributed by atoms with Gasteiger partial charge in [-0.1, -0.05) is 31.2 Å². The quantitative estimate of drug-likeness (QED) is 0.885. The van der Waals surface area contributed by atoms with E-state index in [1.165, 1.54) is 16.7 Å². The Morgan fingerprint density at radius 3 is 2.75 bits per heavy atom. The minimum Gasteiger partial charge on any atom is -0.354 e. The Hall–Kier alpha value is -2.14. The molecule has 1 amide bonds. The number of nitrogens with zero attached hydrogens (tertiary/aromatic N) is 2. The number of carbonyl (C=O) groups excluding carboxylic acids is 1. The first-order valence-corrected chi connectivity index (χ1v) is 8.69. The van der Waals surface area contributed by atoms with Gasteiger partial charge in [0.05, 0.1) is 11.7 Å². The molecule has 0 saturated heterocycles. The number of benzene rings is 1. The molecule has 128 valence electrons. The molecular weight excluding hydrogens is 300 g/mol. The molecule has 2 aromatic rings. The van der Waals surface area contributed by atoms with Gasteiger partial charge in [-0.25, -0.2) is 0 Å². The summed E-state index contributed by atoms with van der Waals surface area (Å²) in [6.07, 6.45) is 1.61. The molecule has 0 radical (unpaired) electrons. The number of amides is 1. The molecule has 3 rings (SSSR count). The van der Waals surface area contributed by atoms with E-state index in [1.807, 2.05) is 13.8 Å². The van der Waals surface area contributed by atoms with Crippen LogP contribution in [-0.4, -0.2) is 40.1 Å². The fourth-order valence-corrected chi connectivity index (χ4v) is 3.54. The van der Waals surface area contributed by atoms with E-state index in [0.29, 0.717) is 6.54 Å². The summed E-state index contributed by atoms with van der Waals surface area (Å²) >= 11 is 0. The number of fused-ring (bicyclic) bond motifs is 1. The van der Waals surface area contributed by atoms with Crippen LogP contribution in [0.4, 0.5) is 0 Å². The van der Waals surface area contributed by atoms with Gasteiger partial charge >= 0.3 is 0 Å². The van der Waals surface area contributed by atoms with Crippen LogP contribution in [0.15, 0.2) is 24.3 Å². The van der Waals surface area contributed by atoms with Gasteiger partial charge in [-0.2, -0.15) is 5.10 Å². The van der Waals surface area contributed by atoms with E-state index in [1.54, 1.807) is 0 Å². The number of hydrogen-bond acceptors (Lipinski definition) is 3. The predicted octanol–water partition coefficient (Wildman–Crippen LogP) is 2.13. The number of carbonyl (C=O) groups is 1. The van der Waals surface area contributed by atoms with Crippen LogP contribution in [0, 0.1) is 13.8 Å². The number of likely N-dealkylation sites (N-methyl/N-ethyl adjacent to an activating group) is 1. The molecule has 5 nitrogen and oxygen atoms in total. The molecule has 24 heavy (non-hydrogen) atoms. The molecule has 5 heteroatoms. The van der Waals surface area contributed by atoms with Gasteiger partial charge in [0.15, 0.2) is 0 Å². The minimum absolute atomic E-state index is 0.0727. The molecule has 0 spiro atoms. The van der Waals surface area contributed by atoms with Gasteiger partial charge in [-0.05, 0) is 49.9 Å². The van der Waals surface area contributed by atoms with Crippen molar-refractivity contribution in [2.45, 2.75) is 46.2 Å². The first kappa shape index (κ1) is 16.7. The third kappa shape index (κ3) is 3.36. The van der Waals surface area contributed by atoms with Crippen LogP contribution < -0.4 is 5.32 Å². The molecule has 1 aliphatic rings. The summed E-state index contributed by atoms with van der Waals surface area (Å²) in [7, 11) is 0. The lowest BCUT2D eigenvalue weighted by atomic mass is 9.93. The SMILES string of the molecule is CCN1Cc2ccccc2C[C@@H]1C(=O)NCCc1c(C)n[nH]c1C. The van der Waals surface area contributed by atoms with Crippen molar-refractivity contribution in [1.82, 2.24) is 20.4 Å². The van der Waals surface area contributed by atoms with Gasteiger partial charge in [0, 0.05) is 18.8 Å². The number of rotatable bonds is 5. The lowest BCUT2D eigenvalue weighted by Crippen LogP contribution is -2.50. The van der Waals surface area contributed by atoms with Crippen LogP contribution >= 0.6 is 0 Å². The van der Waals surface area contributed by atoms with Gasteiger partial charge in [-0.15, -0.1) is 0 Å². The maximum atomic E-state index is 12.7. The summed E-state index contributed by atoms with van der Waals surface area (Å²) in [5, 5.41) is 10.3. The molecule has 1 atom stereocenters. The minimum atomic E-state index is -0.0727. The molecular formula is C19H26N4O. The normalized spacial score (nSPS) is 17.5. The van der Waals surface area contributed by atoms with E-state index in [2.05, 4.69) is 51.6 Å². The fraction of sp³-hybridized carbons (Fsp3) is 0.474. The molecule has 2 heterocycles. The molecule has 2 N–H and O–H groups in total. The van der Waals surface area contributed by atoms with Crippen LogP contribution in [0.2, 0.25) is 0 Å². The standard InChI is InChI=1S/C19H26N4O/c1-4-23-12-16-8-6-5-7-15(16)11-18(23)19(24)20-10-9-17-13(2)21-22-14(17)3/h5-8,18H,4,9-12H2,1-3H3,(H,20,24)(H,21,22)/t18-/m1/s1. The molecule has 1 aromatic carbocycles. The fourth-order valence-electron chi connectivity index (χ4n) is 3.54. The average Bonchev–Trinajstić information content (AvgIpc) is 2.92. The summed E-state index contributed by atoms with van der Waals surface area (Å²) in [5.74, 6) is 0.130. The third-order valence-electron chi connectivity index (χ3n) is 5.01. The highest BCUT2D eigenvalue weighted by Crippen LogP contribution is 2.23. The Bertz CT molecular complexity index is 702. The number of H-pyrrole nitrogens is 1. The van der Waals surface area contributed by atoms with Crippen LogP contribution in [0.25, 0.3) is 0 Å². The largest absolute Gasteiger partial charge is 0.354 e. The summed E-state index contributed by atoms with van der Waals surface area (Å²) in [5.41, 5.74) is 5.95. The number of nitrogens with one attached hydrogen (secondary N) is 2. The second kappa shape index (κ2) is 7.18. The molecule has 0 aliphatic carbocycles. The number of aromatic nitrogens is 2. The Labute approximate surface area is 143 Å². The van der Waals surface area contributed by atoms with Gasteiger partial charge < -0.3 is 5.32 Å². The van der Waals surface area contributed by atoms with E-state index < -0.39 is 0 Å². The first-order valence-electron chi connectivity index (χ1n) is 8.69. The second-order valence-corrected chi connectivity index (χ2v) is 6.51. The monoisotopic (exact) mass is 326 g/mol. The van der Waals surface area contributed by atoms with Crippen LogP contribution in [-0.2, 0) is 24.2 Å². The van der Waals surface area contributed by atoms with Gasteiger partial charge in [0.1, 0.15) is 0 Å². The van der Waals surface area contributed by atoms with Crippen molar-refractivity contribution in [3.05, 3.63) is 52.3 Å². The molecule has 0 unspecified atom stereocenters. The van der Waals surface area contributed by atoms with Gasteiger partial charge in [0.25, 0.3) is 0 Å². The highest BCUT2D eigenvalue weighted by Gasteiger charge is 2.30. The number of aromatic amines is 1. The molecule has 0 fully saturated rings. The molecule has 1 aliphatic heterocycles. The zero-order chi connectivity index (χ0) is 17.1. The maximum absolute atomic E-state index is 12.7. The van der Waals surface area contributed by atoms with E-state index in [0.717, 1.165) is 37.3 Å². The Morgan fingerprint density at radius 1 is 1.33 bits per heavy atom. The molecule has 0 saturated carbocycles. The van der Waals surface area contributed by atoms with Crippen molar-refractivity contribution in [3.63, 3.8) is 0 Å². The van der Waals surface area contributed by atoms with Gasteiger partial charge in [-0.3, -0.25) is 14.8 Å². The van der Waals surface area contributed by atoms with Gasteiger partial charge in [0.2, 0.25) is 5.91 Å². The average molecular weight is 326 g/mol. The highest BCUT2D eigenvalue weighted by molar-refractivity contribution is 5.82. The maximum Gasteiger partial charge on any atom is 0.237 e. The van der Waals surface area contributed by atoms with Crippen molar-refractivity contribution in [2.24, 2.45) is 0 Å². The first-order chi connectivity index (χ1) is 11.6. The van der Waals surface area contributed by atoms with E-state index in [4.69, 9.17) is 0 Å². The zero-order valence-electron chi connectivity index (χ0n) is 14.7. The summed E-state index contributed by atoms with van der Waals surface area (Å²) in [6.45, 7) is 8.52. The van der Waals surface area contributed by atoms with Crippen molar-refractivity contribution < 1.29 is 4.79 Å².